The first-order valence-electron chi connectivity index (χ1n) is 8.53. The molecule has 0 aliphatic carbocycles. The number of piperazine rings is 1. The number of amides is 2. The minimum Gasteiger partial charge on any atom is -0.368 e. The first-order chi connectivity index (χ1) is 11.4. The Morgan fingerprint density at radius 2 is 1.65 bits per heavy atom. The smallest absolute Gasteiger partial charge is 0.239 e. The average Bonchev–Trinajstić information content (AvgIpc) is 2.58. The molecule has 1 aromatic rings. The van der Waals surface area contributed by atoms with Crippen molar-refractivity contribution in [3.63, 3.8) is 0 Å². The van der Waals surface area contributed by atoms with Crippen LogP contribution in [0.2, 0.25) is 0 Å². The highest BCUT2D eigenvalue weighted by atomic mass is 35.5. The van der Waals surface area contributed by atoms with Gasteiger partial charge in [-0.15, -0.1) is 24.8 Å². The van der Waals surface area contributed by atoms with Gasteiger partial charge in [0.1, 0.15) is 0 Å². The third-order valence-electron chi connectivity index (χ3n) is 4.19. The number of hydrogen-bond acceptors (Lipinski definition) is 4. The number of carbonyl (C=O) groups is 2. The monoisotopic (exact) mass is 404 g/mol. The lowest BCUT2D eigenvalue weighted by molar-refractivity contribution is -0.132. The van der Waals surface area contributed by atoms with Gasteiger partial charge in [0.25, 0.3) is 0 Å². The maximum atomic E-state index is 12.3. The number of carbonyl (C=O) groups excluding carboxylic acids is 2. The molecule has 1 saturated heterocycles. The number of para-hydroxylation sites is 1. The molecular weight excluding hydrogens is 375 g/mol. The fourth-order valence-corrected chi connectivity index (χ4v) is 2.68. The molecule has 148 valence electrons. The summed E-state index contributed by atoms with van der Waals surface area (Å²) in [6.45, 7) is 7.02. The van der Waals surface area contributed by atoms with E-state index in [4.69, 9.17) is 5.73 Å². The Morgan fingerprint density at radius 1 is 1.08 bits per heavy atom. The van der Waals surface area contributed by atoms with Crippen molar-refractivity contribution in [2.75, 3.05) is 37.6 Å². The summed E-state index contributed by atoms with van der Waals surface area (Å²) in [5, 5.41) is 2.77. The van der Waals surface area contributed by atoms with Crippen molar-refractivity contribution in [1.29, 1.82) is 0 Å². The number of nitrogens with two attached hydrogens (primary N) is 1. The SMILES string of the molecule is CC(C)(N)C(=O)NCCCC(=O)N1CCN(c2ccccc2)CC1.Cl.Cl. The van der Waals surface area contributed by atoms with Crippen molar-refractivity contribution < 1.29 is 9.59 Å². The lowest BCUT2D eigenvalue weighted by Gasteiger charge is -2.36. The molecule has 26 heavy (non-hydrogen) atoms. The molecule has 1 aliphatic heterocycles. The average molecular weight is 405 g/mol. The van der Waals surface area contributed by atoms with E-state index in [1.807, 2.05) is 23.1 Å². The molecule has 0 unspecified atom stereocenters. The second-order valence-electron chi connectivity index (χ2n) is 6.78. The van der Waals surface area contributed by atoms with Crippen molar-refractivity contribution in [3.8, 4) is 0 Å². The van der Waals surface area contributed by atoms with E-state index in [-0.39, 0.29) is 36.6 Å². The number of hydrogen-bond donors (Lipinski definition) is 2. The molecule has 0 bridgehead atoms. The van der Waals surface area contributed by atoms with Crippen LogP contribution in [0, 0.1) is 0 Å². The first-order valence-corrected chi connectivity index (χ1v) is 8.53. The van der Waals surface area contributed by atoms with Gasteiger partial charge in [-0.05, 0) is 32.4 Å². The van der Waals surface area contributed by atoms with Crippen LogP contribution >= 0.6 is 24.8 Å². The van der Waals surface area contributed by atoms with Gasteiger partial charge in [-0.3, -0.25) is 9.59 Å². The van der Waals surface area contributed by atoms with Crippen LogP contribution in [0.25, 0.3) is 0 Å². The van der Waals surface area contributed by atoms with Crippen molar-refractivity contribution in [2.45, 2.75) is 32.2 Å². The number of nitrogens with one attached hydrogen (secondary N) is 1. The van der Waals surface area contributed by atoms with E-state index >= 15 is 0 Å². The highest BCUT2D eigenvalue weighted by molar-refractivity contribution is 5.86. The number of nitrogens with zero attached hydrogens (tertiary/aromatic N) is 2. The standard InChI is InChI=1S/C18H28N4O2.2ClH/c1-18(2,19)17(24)20-10-6-9-16(23)22-13-11-21(12-14-22)15-7-4-3-5-8-15;;/h3-5,7-8H,6,9-14,19H2,1-2H3,(H,20,24);2*1H. The summed E-state index contributed by atoms with van der Waals surface area (Å²) in [4.78, 5) is 28.1. The van der Waals surface area contributed by atoms with Crippen LogP contribution in [0.3, 0.4) is 0 Å². The Balaban J connectivity index is 0.00000312. The fraction of sp³-hybridized carbons (Fsp3) is 0.556. The van der Waals surface area contributed by atoms with Crippen LogP contribution in [-0.4, -0.2) is 55.0 Å². The van der Waals surface area contributed by atoms with Crippen LogP contribution in [0.4, 0.5) is 5.69 Å². The Bertz CT molecular complexity index is 556. The zero-order valence-corrected chi connectivity index (χ0v) is 17.1. The molecule has 1 heterocycles. The predicted octanol–water partition coefficient (Wildman–Crippen LogP) is 1.81. The summed E-state index contributed by atoms with van der Waals surface area (Å²) in [7, 11) is 0. The largest absolute Gasteiger partial charge is 0.368 e. The third-order valence-corrected chi connectivity index (χ3v) is 4.19. The van der Waals surface area contributed by atoms with Gasteiger partial charge in [-0.2, -0.15) is 0 Å². The van der Waals surface area contributed by atoms with Crippen LogP contribution in [0.5, 0.6) is 0 Å². The van der Waals surface area contributed by atoms with Crippen LogP contribution in [0.1, 0.15) is 26.7 Å². The van der Waals surface area contributed by atoms with E-state index in [2.05, 4.69) is 22.3 Å². The third kappa shape index (κ3) is 7.40. The molecule has 0 aromatic heterocycles. The zero-order valence-electron chi connectivity index (χ0n) is 15.4. The van der Waals surface area contributed by atoms with Gasteiger partial charge in [-0.1, -0.05) is 18.2 Å². The molecule has 6 nitrogen and oxygen atoms in total. The summed E-state index contributed by atoms with van der Waals surface area (Å²) in [6, 6.07) is 10.3. The van der Waals surface area contributed by atoms with Gasteiger partial charge in [0.05, 0.1) is 5.54 Å². The van der Waals surface area contributed by atoms with Crippen LogP contribution in [-0.2, 0) is 9.59 Å². The summed E-state index contributed by atoms with van der Waals surface area (Å²) < 4.78 is 0. The minimum atomic E-state index is -0.877. The Labute approximate surface area is 168 Å². The molecule has 0 spiro atoms. The summed E-state index contributed by atoms with van der Waals surface area (Å²) in [5.41, 5.74) is 6.04. The second-order valence-corrected chi connectivity index (χ2v) is 6.78. The molecule has 0 saturated carbocycles. The van der Waals surface area contributed by atoms with E-state index in [0.29, 0.717) is 19.4 Å². The lowest BCUT2D eigenvalue weighted by atomic mass is 10.1. The molecule has 2 amide bonds. The fourth-order valence-electron chi connectivity index (χ4n) is 2.68. The van der Waals surface area contributed by atoms with Crippen molar-refractivity contribution in [2.24, 2.45) is 5.73 Å². The van der Waals surface area contributed by atoms with Gasteiger partial charge >= 0.3 is 0 Å². The number of benzene rings is 1. The first kappa shape index (κ1) is 24.5. The summed E-state index contributed by atoms with van der Waals surface area (Å²) >= 11 is 0. The van der Waals surface area contributed by atoms with E-state index in [0.717, 1.165) is 26.2 Å². The van der Waals surface area contributed by atoms with E-state index in [1.165, 1.54) is 5.69 Å². The maximum Gasteiger partial charge on any atom is 0.239 e. The number of rotatable bonds is 6. The van der Waals surface area contributed by atoms with Crippen LogP contribution in [0.15, 0.2) is 30.3 Å². The van der Waals surface area contributed by atoms with Gasteiger partial charge in [0.15, 0.2) is 0 Å². The minimum absolute atomic E-state index is 0. The van der Waals surface area contributed by atoms with Gasteiger partial charge in [0.2, 0.25) is 11.8 Å². The summed E-state index contributed by atoms with van der Waals surface area (Å²) in [6.07, 6.45) is 1.09. The normalized spacial score (nSPS) is 14.1. The molecule has 3 N–H and O–H groups in total. The zero-order chi connectivity index (χ0) is 17.6. The van der Waals surface area contributed by atoms with Crippen molar-refractivity contribution in [3.05, 3.63) is 30.3 Å². The quantitative estimate of drug-likeness (QED) is 0.708. The molecule has 0 atom stereocenters. The number of anilines is 1. The van der Waals surface area contributed by atoms with Gasteiger partial charge < -0.3 is 20.9 Å². The summed E-state index contributed by atoms with van der Waals surface area (Å²) in [5.74, 6) is -0.0320. The molecule has 8 heteroatoms. The topological polar surface area (TPSA) is 78.7 Å². The van der Waals surface area contributed by atoms with Crippen molar-refractivity contribution >= 4 is 42.3 Å². The van der Waals surface area contributed by atoms with E-state index in [1.54, 1.807) is 13.8 Å². The molecule has 1 aliphatic rings. The molecule has 1 aromatic carbocycles. The predicted molar refractivity (Wildman–Crippen MR) is 110 cm³/mol. The Hall–Kier alpha value is -1.50. The molecular formula is C18H30Cl2N4O2. The molecule has 0 radical (unpaired) electrons. The van der Waals surface area contributed by atoms with Gasteiger partial charge in [-0.25, -0.2) is 0 Å². The molecule has 1 fully saturated rings. The van der Waals surface area contributed by atoms with E-state index < -0.39 is 5.54 Å². The van der Waals surface area contributed by atoms with E-state index in [9.17, 15) is 9.59 Å². The number of halogens is 2. The van der Waals surface area contributed by atoms with Gasteiger partial charge in [0, 0.05) is 44.8 Å². The molecule has 2 rings (SSSR count). The van der Waals surface area contributed by atoms with Crippen LogP contribution < -0.4 is 16.0 Å². The highest BCUT2D eigenvalue weighted by Crippen LogP contribution is 2.16. The second kappa shape index (κ2) is 11.3. The Morgan fingerprint density at radius 3 is 2.19 bits per heavy atom. The highest BCUT2D eigenvalue weighted by Gasteiger charge is 2.22. The van der Waals surface area contributed by atoms with Crippen molar-refractivity contribution in [1.82, 2.24) is 10.2 Å². The maximum absolute atomic E-state index is 12.3. The lowest BCUT2D eigenvalue weighted by Crippen LogP contribution is -2.50. The Kier molecular flexibility index (Phi) is 10.6.